The molecular formula is C31H29F6N9O. The monoisotopic (exact) mass is 657 g/mol. The van der Waals surface area contributed by atoms with Gasteiger partial charge in [0.2, 0.25) is 17.7 Å². The summed E-state index contributed by atoms with van der Waals surface area (Å²) in [6, 6.07) is 5.86. The average Bonchev–Trinajstić information content (AvgIpc) is 3.71. The van der Waals surface area contributed by atoms with E-state index in [1.807, 2.05) is 4.90 Å². The largest absolute Gasteiger partial charge is 0.461 e. The summed E-state index contributed by atoms with van der Waals surface area (Å²) in [4.78, 5) is 19.3. The summed E-state index contributed by atoms with van der Waals surface area (Å²) in [5, 5.41) is 4.33. The fourth-order valence-corrected chi connectivity index (χ4v) is 6.48. The van der Waals surface area contributed by atoms with Gasteiger partial charge in [0.1, 0.15) is 34.9 Å². The van der Waals surface area contributed by atoms with Gasteiger partial charge in [0.15, 0.2) is 5.76 Å². The molecule has 2 fully saturated rings. The van der Waals surface area contributed by atoms with Gasteiger partial charge in [-0.05, 0) is 30.9 Å². The third kappa shape index (κ3) is 6.34. The fraction of sp³-hybridized carbons (Fsp3) is 0.355. The minimum Gasteiger partial charge on any atom is -0.461 e. The van der Waals surface area contributed by atoms with Gasteiger partial charge in [0, 0.05) is 87.2 Å². The number of anilines is 2. The summed E-state index contributed by atoms with van der Waals surface area (Å²) in [5.74, 6) is -4.92. The van der Waals surface area contributed by atoms with E-state index in [4.69, 9.17) is 10.2 Å². The van der Waals surface area contributed by atoms with E-state index in [0.717, 1.165) is 6.42 Å². The van der Waals surface area contributed by atoms with Crippen molar-refractivity contribution in [2.75, 3.05) is 43.4 Å². The number of piperidine rings is 1. The van der Waals surface area contributed by atoms with Crippen LogP contribution in [0.5, 0.6) is 0 Å². The van der Waals surface area contributed by atoms with Gasteiger partial charge < -0.3 is 15.1 Å². The first-order valence-corrected chi connectivity index (χ1v) is 15.0. The van der Waals surface area contributed by atoms with Gasteiger partial charge in [-0.1, -0.05) is 0 Å². The van der Waals surface area contributed by atoms with Crippen molar-refractivity contribution in [1.82, 2.24) is 34.4 Å². The number of hydrogen-bond donors (Lipinski definition) is 1. The third-order valence-corrected chi connectivity index (χ3v) is 8.74. The van der Waals surface area contributed by atoms with Crippen LogP contribution in [-0.4, -0.2) is 73.1 Å². The smallest absolute Gasteiger partial charge is 0.259 e. The van der Waals surface area contributed by atoms with E-state index >= 15 is 0 Å². The van der Waals surface area contributed by atoms with Crippen LogP contribution in [0.25, 0.3) is 17.4 Å². The van der Waals surface area contributed by atoms with Crippen molar-refractivity contribution in [3.05, 3.63) is 88.7 Å². The lowest BCUT2D eigenvalue weighted by atomic mass is 9.90. The van der Waals surface area contributed by atoms with E-state index in [0.29, 0.717) is 74.4 Å². The van der Waals surface area contributed by atoms with Crippen LogP contribution >= 0.6 is 0 Å². The predicted molar refractivity (Wildman–Crippen MR) is 158 cm³/mol. The molecule has 2 aromatic carbocycles. The van der Waals surface area contributed by atoms with E-state index in [-0.39, 0.29) is 43.3 Å². The van der Waals surface area contributed by atoms with Crippen LogP contribution in [0.4, 0.5) is 38.2 Å². The highest BCUT2D eigenvalue weighted by Gasteiger charge is 2.35. The van der Waals surface area contributed by atoms with Crippen LogP contribution in [-0.2, 0) is 13.1 Å². The second kappa shape index (κ2) is 12.5. The molecule has 0 aliphatic carbocycles. The molecule has 16 heteroatoms. The number of nitrogens with zero attached hydrogens (tertiary/aromatic N) is 8. The average molecular weight is 658 g/mol. The molecule has 2 saturated heterocycles. The van der Waals surface area contributed by atoms with Crippen molar-refractivity contribution in [1.29, 1.82) is 0 Å². The number of rotatable bonds is 8. The molecule has 0 radical (unpaired) electrons. The van der Waals surface area contributed by atoms with Crippen LogP contribution in [0, 0.1) is 40.8 Å². The maximum absolute atomic E-state index is 14.6. The molecule has 2 N–H and O–H groups in total. The molecule has 2 aliphatic heterocycles. The standard InChI is InChI=1S/C31H29F6N9O/c32-18-8-23(34)21(24(35)9-18)15-43(16-22-25(36)10-19(33)11-26(22)37)12-17-3-4-20-14-45(6-5-44(20)13-17)30-40-29(38)46-31(41-30)39-28(42-46)27-2-1-7-47-27/h1-2,7-11,17,20H,3-6,12-16H2,(H2,38,39,40,41,42). The van der Waals surface area contributed by atoms with Crippen molar-refractivity contribution in [2.45, 2.75) is 32.0 Å². The Labute approximate surface area is 264 Å². The Morgan fingerprint density at radius 1 is 0.830 bits per heavy atom. The van der Waals surface area contributed by atoms with Gasteiger partial charge in [-0.3, -0.25) is 9.80 Å². The Morgan fingerprint density at radius 2 is 1.49 bits per heavy atom. The summed E-state index contributed by atoms with van der Waals surface area (Å²) in [6.07, 6.45) is 3.00. The van der Waals surface area contributed by atoms with Crippen molar-refractivity contribution >= 4 is 17.7 Å². The maximum Gasteiger partial charge on any atom is 0.259 e. The Balaban J connectivity index is 1.05. The summed E-state index contributed by atoms with van der Waals surface area (Å²) in [6.45, 7) is 1.98. The van der Waals surface area contributed by atoms with E-state index in [9.17, 15) is 26.3 Å². The topological polar surface area (TPSA) is 105 Å². The Morgan fingerprint density at radius 3 is 2.11 bits per heavy atom. The molecular weight excluding hydrogens is 628 g/mol. The quantitative estimate of drug-likeness (QED) is 0.236. The normalized spacial score (nSPS) is 18.7. The highest BCUT2D eigenvalue weighted by molar-refractivity contribution is 5.53. The molecule has 2 aliphatic rings. The molecule has 0 bridgehead atoms. The molecule has 5 aromatic rings. The second-order valence-corrected chi connectivity index (χ2v) is 11.9. The number of benzene rings is 2. The minimum atomic E-state index is -1.10. The van der Waals surface area contributed by atoms with Gasteiger partial charge in [-0.25, -0.2) is 26.3 Å². The molecule has 0 amide bonds. The molecule has 10 nitrogen and oxygen atoms in total. The molecule has 246 valence electrons. The summed E-state index contributed by atoms with van der Waals surface area (Å²) < 4.78 is 92.4. The zero-order valence-electron chi connectivity index (χ0n) is 24.9. The molecule has 2 atom stereocenters. The number of aromatic nitrogens is 5. The van der Waals surface area contributed by atoms with E-state index in [1.54, 1.807) is 12.1 Å². The van der Waals surface area contributed by atoms with Gasteiger partial charge >= 0.3 is 0 Å². The number of nitrogens with two attached hydrogens (primary N) is 1. The molecule has 47 heavy (non-hydrogen) atoms. The van der Waals surface area contributed by atoms with Crippen LogP contribution < -0.4 is 10.6 Å². The van der Waals surface area contributed by atoms with Crippen LogP contribution in [0.2, 0.25) is 0 Å². The van der Waals surface area contributed by atoms with Gasteiger partial charge in [-0.15, -0.1) is 5.10 Å². The maximum atomic E-state index is 14.6. The second-order valence-electron chi connectivity index (χ2n) is 11.9. The number of nitrogen functional groups attached to an aromatic ring is 1. The fourth-order valence-electron chi connectivity index (χ4n) is 6.48. The number of halogens is 6. The molecule has 2 unspecified atom stereocenters. The predicted octanol–water partition coefficient (Wildman–Crippen LogP) is 4.80. The van der Waals surface area contributed by atoms with Crippen molar-refractivity contribution < 1.29 is 30.8 Å². The lowest BCUT2D eigenvalue weighted by Crippen LogP contribution is -2.57. The molecule has 7 rings (SSSR count). The van der Waals surface area contributed by atoms with Crippen molar-refractivity contribution in [3.63, 3.8) is 0 Å². The van der Waals surface area contributed by atoms with E-state index < -0.39 is 46.0 Å². The van der Waals surface area contributed by atoms with Crippen LogP contribution in [0.1, 0.15) is 24.0 Å². The highest BCUT2D eigenvalue weighted by atomic mass is 19.2. The number of hydrogen-bond acceptors (Lipinski definition) is 9. The molecule has 3 aromatic heterocycles. The zero-order chi connectivity index (χ0) is 32.8. The summed E-state index contributed by atoms with van der Waals surface area (Å²) >= 11 is 0. The Hall–Kier alpha value is -4.70. The van der Waals surface area contributed by atoms with Crippen molar-refractivity contribution in [2.24, 2.45) is 5.92 Å². The van der Waals surface area contributed by atoms with Gasteiger partial charge in [-0.2, -0.15) is 19.5 Å². The number of furan rings is 1. The first kappa shape index (κ1) is 30.9. The summed E-state index contributed by atoms with van der Waals surface area (Å²) in [5.41, 5.74) is 5.36. The minimum absolute atomic E-state index is 0.0183. The first-order valence-electron chi connectivity index (χ1n) is 15.0. The Kier molecular flexibility index (Phi) is 8.21. The zero-order valence-corrected chi connectivity index (χ0v) is 24.9. The highest BCUT2D eigenvalue weighted by Crippen LogP contribution is 2.30. The van der Waals surface area contributed by atoms with Gasteiger partial charge in [0.25, 0.3) is 5.78 Å². The van der Waals surface area contributed by atoms with Crippen LogP contribution in [0.3, 0.4) is 0 Å². The SMILES string of the molecule is Nc1nc(N2CCN3CC(CN(Cc4c(F)cc(F)cc4F)Cc4c(F)cc(F)cc4F)CCC3C2)nc2nc(-c3ccco3)nn12. The molecule has 5 heterocycles. The third-order valence-electron chi connectivity index (χ3n) is 8.74. The first-order chi connectivity index (χ1) is 22.6. The number of piperazine rings is 1. The lowest BCUT2D eigenvalue weighted by molar-refractivity contribution is 0.0712. The lowest BCUT2D eigenvalue weighted by Gasteiger charge is -2.47. The van der Waals surface area contributed by atoms with Gasteiger partial charge in [0.05, 0.1) is 6.26 Å². The summed E-state index contributed by atoms with van der Waals surface area (Å²) in [7, 11) is 0. The van der Waals surface area contributed by atoms with E-state index in [1.165, 1.54) is 15.7 Å². The van der Waals surface area contributed by atoms with E-state index in [2.05, 4.69) is 25.0 Å². The molecule has 0 saturated carbocycles. The molecule has 0 spiro atoms. The Bertz CT molecular complexity index is 1810. The van der Waals surface area contributed by atoms with Crippen LogP contribution in [0.15, 0.2) is 47.1 Å². The number of fused-ring (bicyclic) bond motifs is 2. The van der Waals surface area contributed by atoms with Crippen molar-refractivity contribution in [3.8, 4) is 11.6 Å².